The number of hydrogen-bond donors (Lipinski definition) is 3. The van der Waals surface area contributed by atoms with Gasteiger partial charge in [0.05, 0.1) is 18.9 Å². The average molecular weight is 421 g/mol. The summed E-state index contributed by atoms with van der Waals surface area (Å²) in [6, 6.07) is 1.94. The number of aromatic carboxylic acids is 1. The lowest BCUT2D eigenvalue weighted by Crippen LogP contribution is -2.45. The molecule has 12 heteroatoms. The third-order valence-electron chi connectivity index (χ3n) is 4.82. The first-order valence-corrected chi connectivity index (χ1v) is 10.2. The van der Waals surface area contributed by atoms with Gasteiger partial charge in [0.2, 0.25) is 5.95 Å². The first-order chi connectivity index (χ1) is 14.0. The number of hydroxylamine groups is 2. The minimum atomic E-state index is -1.00. The fourth-order valence-electron chi connectivity index (χ4n) is 3.26. The summed E-state index contributed by atoms with van der Waals surface area (Å²) in [4.78, 5) is 29.3. The van der Waals surface area contributed by atoms with Crippen LogP contribution in [0.2, 0.25) is 0 Å². The van der Waals surface area contributed by atoms with Crippen LogP contribution in [0.1, 0.15) is 15.4 Å². The highest BCUT2D eigenvalue weighted by Crippen LogP contribution is 2.28. The van der Waals surface area contributed by atoms with Crippen molar-refractivity contribution in [3.8, 4) is 0 Å². The third kappa shape index (κ3) is 4.56. The van der Waals surface area contributed by atoms with Gasteiger partial charge in [0, 0.05) is 45.3 Å². The Morgan fingerprint density at radius 3 is 2.28 bits per heavy atom. The fourth-order valence-corrected chi connectivity index (χ4v) is 4.06. The predicted octanol–water partition coefficient (Wildman–Crippen LogP) is 1.03. The minimum Gasteiger partial charge on any atom is -0.477 e. The molecule has 2 aromatic rings. The average Bonchev–Trinajstić information content (AvgIpc) is 3.09. The normalized spacial score (nSPS) is 18.1. The number of piperazine rings is 1. The number of carbonyl (C=O) groups is 1. The van der Waals surface area contributed by atoms with Crippen molar-refractivity contribution in [1.82, 2.24) is 20.0 Å². The van der Waals surface area contributed by atoms with Gasteiger partial charge < -0.3 is 24.9 Å². The lowest BCUT2D eigenvalue weighted by molar-refractivity contribution is -0.0936. The summed E-state index contributed by atoms with van der Waals surface area (Å²) >= 11 is 1.06. The number of thiazole rings is 1. The van der Waals surface area contributed by atoms with Crippen LogP contribution >= 0.6 is 11.3 Å². The molecule has 0 atom stereocenters. The molecule has 2 aliphatic heterocycles. The number of aryl methyl sites for hydroxylation is 1. The molecule has 0 aromatic carbocycles. The van der Waals surface area contributed by atoms with Gasteiger partial charge in [0.25, 0.3) is 0 Å². The lowest BCUT2D eigenvalue weighted by atomic mass is 10.3. The van der Waals surface area contributed by atoms with E-state index < -0.39 is 5.97 Å². The quantitative estimate of drug-likeness (QED) is 0.640. The molecule has 2 saturated heterocycles. The van der Waals surface area contributed by atoms with Crippen LogP contribution in [0.3, 0.4) is 0 Å². The van der Waals surface area contributed by atoms with Crippen LogP contribution in [0.5, 0.6) is 0 Å². The van der Waals surface area contributed by atoms with Crippen molar-refractivity contribution in [2.24, 2.45) is 0 Å². The Labute approximate surface area is 171 Å². The van der Waals surface area contributed by atoms with Gasteiger partial charge >= 0.3 is 5.97 Å². The number of morpholine rings is 1. The number of carboxylic acid groups (broad SMARTS) is 1. The summed E-state index contributed by atoms with van der Waals surface area (Å²) in [7, 11) is 0. The molecular formula is C17H23N7O4S. The molecule has 0 saturated carbocycles. The van der Waals surface area contributed by atoms with Crippen molar-refractivity contribution in [2.45, 2.75) is 6.92 Å². The second-order valence-electron chi connectivity index (χ2n) is 6.81. The van der Waals surface area contributed by atoms with Gasteiger partial charge in [0.15, 0.2) is 5.13 Å². The van der Waals surface area contributed by atoms with E-state index in [9.17, 15) is 15.1 Å². The molecule has 4 rings (SSSR count). The molecule has 156 valence electrons. The smallest absolute Gasteiger partial charge is 0.347 e. The van der Waals surface area contributed by atoms with E-state index in [2.05, 4.69) is 30.1 Å². The summed E-state index contributed by atoms with van der Waals surface area (Å²) in [5.41, 5.74) is 0.452. The molecular weight excluding hydrogens is 398 g/mol. The van der Waals surface area contributed by atoms with Crippen LogP contribution in [0.25, 0.3) is 0 Å². The molecule has 2 aliphatic rings. The fraction of sp³-hybridized carbons (Fsp3) is 0.529. The molecule has 0 radical (unpaired) electrons. The third-order valence-corrected chi connectivity index (χ3v) is 5.88. The lowest BCUT2D eigenvalue weighted by Gasteiger charge is -2.33. The van der Waals surface area contributed by atoms with E-state index in [4.69, 9.17) is 4.74 Å². The summed E-state index contributed by atoms with van der Waals surface area (Å²) in [6.07, 6.45) is 0. The second kappa shape index (κ2) is 8.45. The zero-order chi connectivity index (χ0) is 20.4. The van der Waals surface area contributed by atoms with Gasteiger partial charge in [-0.1, -0.05) is 11.3 Å². The van der Waals surface area contributed by atoms with Crippen LogP contribution < -0.4 is 15.1 Å². The number of anilines is 4. The summed E-state index contributed by atoms with van der Waals surface area (Å²) in [6.45, 7) is 6.78. The number of nitrogens with one attached hydrogen (secondary N) is 1. The van der Waals surface area contributed by atoms with Crippen LogP contribution in [0, 0.1) is 6.92 Å². The Bertz CT molecular complexity index is 879. The maximum absolute atomic E-state index is 11.3. The predicted molar refractivity (Wildman–Crippen MR) is 108 cm³/mol. The van der Waals surface area contributed by atoms with Crippen LogP contribution in [-0.2, 0) is 4.74 Å². The van der Waals surface area contributed by atoms with Crippen molar-refractivity contribution in [3.63, 3.8) is 0 Å². The van der Waals surface area contributed by atoms with Gasteiger partial charge in [-0.3, -0.25) is 5.32 Å². The van der Waals surface area contributed by atoms with E-state index >= 15 is 0 Å². The maximum atomic E-state index is 11.3. The van der Waals surface area contributed by atoms with Crippen molar-refractivity contribution in [2.75, 3.05) is 67.6 Å². The Balaban J connectivity index is 1.63. The highest BCUT2D eigenvalue weighted by molar-refractivity contribution is 7.17. The molecule has 0 unspecified atom stereocenters. The molecule has 0 amide bonds. The molecule has 2 fully saturated rings. The van der Waals surface area contributed by atoms with Crippen LogP contribution in [-0.4, -0.2) is 88.8 Å². The topological polar surface area (TPSA) is 127 Å². The molecule has 0 aliphatic carbocycles. The van der Waals surface area contributed by atoms with Crippen molar-refractivity contribution in [3.05, 3.63) is 16.6 Å². The molecule has 2 aromatic heterocycles. The molecule has 0 bridgehead atoms. The Kier molecular flexibility index (Phi) is 5.76. The van der Waals surface area contributed by atoms with Gasteiger partial charge in [0.1, 0.15) is 16.5 Å². The molecule has 3 N–H and O–H groups in total. The Hall–Kier alpha value is -2.54. The minimum absolute atomic E-state index is 0.191. The zero-order valence-corrected chi connectivity index (χ0v) is 16.9. The van der Waals surface area contributed by atoms with E-state index in [1.165, 1.54) is 5.06 Å². The second-order valence-corrected chi connectivity index (χ2v) is 7.81. The Morgan fingerprint density at radius 1 is 1.07 bits per heavy atom. The summed E-state index contributed by atoms with van der Waals surface area (Å²) < 4.78 is 5.44. The zero-order valence-electron chi connectivity index (χ0n) is 16.0. The molecule has 4 heterocycles. The summed E-state index contributed by atoms with van der Waals surface area (Å²) in [5, 5.41) is 23.7. The van der Waals surface area contributed by atoms with Gasteiger partial charge in [-0.2, -0.15) is 15.0 Å². The standard InChI is InChI=1S/C17H23N7O4S/c1-11-14(15(25)26)29-17(18-11)21-16-19-12(22-2-4-24(27)5-3-22)10-13(20-16)23-6-8-28-9-7-23/h10,27H,2-9H2,1H3,(H,25,26)(H,18,19,20,21). The van der Waals surface area contributed by atoms with Gasteiger partial charge in [-0.05, 0) is 6.92 Å². The van der Waals surface area contributed by atoms with Crippen LogP contribution in [0.15, 0.2) is 6.07 Å². The van der Waals surface area contributed by atoms with E-state index in [0.717, 1.165) is 36.1 Å². The number of nitrogens with zero attached hydrogens (tertiary/aromatic N) is 6. The number of carboxylic acids is 1. The van der Waals surface area contributed by atoms with Gasteiger partial charge in [-0.25, -0.2) is 9.78 Å². The van der Waals surface area contributed by atoms with Gasteiger partial charge in [-0.15, -0.1) is 0 Å². The van der Waals surface area contributed by atoms with E-state index in [1.54, 1.807) is 6.92 Å². The number of hydrogen-bond acceptors (Lipinski definition) is 11. The molecule has 0 spiro atoms. The van der Waals surface area contributed by atoms with Crippen LogP contribution in [0.4, 0.5) is 22.7 Å². The Morgan fingerprint density at radius 2 is 1.69 bits per heavy atom. The van der Waals surface area contributed by atoms with Crippen molar-refractivity contribution >= 4 is 40.0 Å². The largest absolute Gasteiger partial charge is 0.477 e. The highest BCUT2D eigenvalue weighted by atomic mass is 32.1. The van der Waals surface area contributed by atoms with Crippen molar-refractivity contribution in [1.29, 1.82) is 0 Å². The first kappa shape index (κ1) is 19.8. The summed E-state index contributed by atoms with van der Waals surface area (Å²) in [5.74, 6) is 0.891. The maximum Gasteiger partial charge on any atom is 0.347 e. The number of aromatic nitrogens is 3. The van der Waals surface area contributed by atoms with E-state index in [-0.39, 0.29) is 4.88 Å². The highest BCUT2D eigenvalue weighted by Gasteiger charge is 2.22. The molecule has 29 heavy (non-hydrogen) atoms. The number of rotatable bonds is 5. The van der Waals surface area contributed by atoms with Crippen molar-refractivity contribution < 1.29 is 19.8 Å². The SMILES string of the molecule is Cc1nc(Nc2nc(N3CCOCC3)cc(N3CCN(O)CC3)n2)sc1C(=O)O. The monoisotopic (exact) mass is 421 g/mol. The number of ether oxygens (including phenoxy) is 1. The van der Waals surface area contributed by atoms with E-state index in [0.29, 0.717) is 56.2 Å². The first-order valence-electron chi connectivity index (χ1n) is 9.38. The molecule has 11 nitrogen and oxygen atoms in total. The van der Waals surface area contributed by atoms with E-state index in [1.807, 2.05) is 6.07 Å².